The number of amides is 2. The Hall–Kier alpha value is -4.68. The molecule has 17 heteroatoms. The third-order valence-corrected chi connectivity index (χ3v) is 14.5. The van der Waals surface area contributed by atoms with Crippen LogP contribution in [0.4, 0.5) is 11.4 Å². The molecule has 0 unspecified atom stereocenters. The summed E-state index contributed by atoms with van der Waals surface area (Å²) in [6, 6.07) is 23.7. The van der Waals surface area contributed by atoms with Gasteiger partial charge in [0.2, 0.25) is 5.69 Å². The van der Waals surface area contributed by atoms with E-state index in [1.54, 1.807) is 0 Å². The van der Waals surface area contributed by atoms with Gasteiger partial charge in [-0.05, 0) is 111 Å². The van der Waals surface area contributed by atoms with E-state index in [0.29, 0.717) is 48.9 Å². The van der Waals surface area contributed by atoms with E-state index in [-0.39, 0.29) is 61.7 Å². The first-order chi connectivity index (χ1) is 31.7. The second kappa shape index (κ2) is 22.0. The van der Waals surface area contributed by atoms with Gasteiger partial charge in [0.15, 0.2) is 5.71 Å². The van der Waals surface area contributed by atoms with Crippen molar-refractivity contribution in [2.75, 3.05) is 29.5 Å². The van der Waals surface area contributed by atoms with Gasteiger partial charge in [-0.1, -0.05) is 68.5 Å². The maximum absolute atomic E-state index is 12.5. The zero-order chi connectivity index (χ0) is 48.1. The van der Waals surface area contributed by atoms with Crippen LogP contribution in [0.3, 0.4) is 0 Å². The summed E-state index contributed by atoms with van der Waals surface area (Å²) in [7, 11) is -8.66. The van der Waals surface area contributed by atoms with Crippen LogP contribution in [0.25, 0.3) is 0 Å². The Kier molecular flexibility index (Phi) is 17.0. The van der Waals surface area contributed by atoms with Crippen LogP contribution in [0.2, 0.25) is 0 Å². The molecule has 7 rings (SSSR count). The molecule has 2 amide bonds. The molecule has 356 valence electrons. The summed E-state index contributed by atoms with van der Waals surface area (Å²) in [5, 5.41) is 0.550. The number of rotatable bonds is 19. The minimum absolute atomic E-state index is 0. The van der Waals surface area contributed by atoms with Crippen LogP contribution in [-0.2, 0) is 56.7 Å². The van der Waals surface area contributed by atoms with Crippen LogP contribution in [0.1, 0.15) is 109 Å². The summed E-state index contributed by atoms with van der Waals surface area (Å²) in [6.07, 6.45) is 12.6. The van der Waals surface area contributed by atoms with Gasteiger partial charge < -0.3 is 23.6 Å². The molecule has 68 heavy (non-hydrogen) atoms. The first-order valence-corrected chi connectivity index (χ1v) is 26.0. The standard InChI is InChI=1S/C51H59N3O11S2.Na/c1-50(2)40-16-5-7-18-42(40)52(32-9-11-34-66(58,59)60)44(50)27-23-37-14-13-15-38(24-28-45-51(3,4)41-17-6-8-19-43(41)53(45)33-10-12-35-67(61,62)63)49(37)64-39-25-20-36(21-26-39)22-31-48(57)65-54-46(55)29-30-47(54)56;/h5-8,16-21,23-28H,9-15,22,29-35H2,1-4H3,(H-,58,59,60,61,62,63);/q;+1/p-1. The van der Waals surface area contributed by atoms with E-state index in [9.17, 15) is 40.3 Å². The minimum atomic E-state index is -4.33. The zero-order valence-corrected chi connectivity index (χ0v) is 43.1. The summed E-state index contributed by atoms with van der Waals surface area (Å²) in [5.41, 5.74) is 8.35. The predicted octanol–water partition coefficient (Wildman–Crippen LogP) is 4.94. The Balaban J connectivity index is 0.00000761. The van der Waals surface area contributed by atoms with Gasteiger partial charge in [-0.2, -0.15) is 4.58 Å². The van der Waals surface area contributed by atoms with Gasteiger partial charge in [0.1, 0.15) is 18.1 Å². The number of aryl methyl sites for hydroxylation is 1. The number of carbonyl (C=O) groups is 3. The van der Waals surface area contributed by atoms with Crippen LogP contribution in [-0.4, -0.2) is 83.7 Å². The number of benzene rings is 3. The topological polar surface area (TPSA) is 194 Å². The smallest absolute Gasteiger partial charge is 0.748 e. The molecule has 0 aromatic heterocycles. The van der Waals surface area contributed by atoms with Gasteiger partial charge in [0.05, 0.1) is 32.1 Å². The Morgan fingerprint density at radius 2 is 1.38 bits per heavy atom. The van der Waals surface area contributed by atoms with E-state index in [1.807, 2.05) is 48.5 Å². The zero-order valence-electron chi connectivity index (χ0n) is 39.5. The first kappa shape index (κ1) is 52.7. The van der Waals surface area contributed by atoms with Gasteiger partial charge in [0.25, 0.3) is 11.8 Å². The number of imide groups is 1. The number of anilines is 1. The van der Waals surface area contributed by atoms with Crippen molar-refractivity contribution in [3.05, 3.63) is 136 Å². The summed E-state index contributed by atoms with van der Waals surface area (Å²) >= 11 is 0. The van der Waals surface area contributed by atoms with Gasteiger partial charge in [-0.25, -0.2) is 21.6 Å². The number of fused-ring (bicyclic) bond motifs is 2. The Labute approximate surface area is 422 Å². The molecule has 1 fully saturated rings. The molecule has 0 N–H and O–H groups in total. The molecule has 0 radical (unpaired) electrons. The summed E-state index contributed by atoms with van der Waals surface area (Å²) in [4.78, 5) is 43.7. The van der Waals surface area contributed by atoms with Crippen LogP contribution < -0.4 is 39.2 Å². The third-order valence-electron chi connectivity index (χ3n) is 13.0. The summed E-state index contributed by atoms with van der Waals surface area (Å²) < 4.78 is 77.6. The number of hydroxylamine groups is 2. The molecule has 1 aliphatic carbocycles. The monoisotopic (exact) mass is 975 g/mol. The number of nitrogens with zero attached hydrogens (tertiary/aromatic N) is 3. The van der Waals surface area contributed by atoms with Crippen LogP contribution in [0, 0.1) is 0 Å². The van der Waals surface area contributed by atoms with Crippen molar-refractivity contribution >= 4 is 55.1 Å². The first-order valence-electron chi connectivity index (χ1n) is 22.9. The van der Waals surface area contributed by atoms with Gasteiger partial charge >= 0.3 is 35.5 Å². The second-order valence-corrected chi connectivity index (χ2v) is 21.5. The molecule has 1 saturated heterocycles. The molecule has 0 saturated carbocycles. The number of para-hydroxylation sites is 2. The maximum Gasteiger partial charge on any atom is 1.00 e. The van der Waals surface area contributed by atoms with Gasteiger partial charge in [-0.3, -0.25) is 9.59 Å². The van der Waals surface area contributed by atoms with E-state index in [2.05, 4.69) is 85.7 Å². The number of hydrogen-bond acceptors (Lipinski definition) is 12. The number of allylic oxidation sites excluding steroid dienone is 7. The SMILES string of the molecule is CC1(C)C(=CC=C2CCCC(C=CC3=[N+](CCCCS(=O)(=O)[O-])c4ccccc4C3(C)C)=C2Oc2ccc(CCC(=O)ON3C(=O)CCC3=O)cc2)N(CCCCS(=O)(=O)[O-])c2ccccc21.[Na+]. The molecule has 3 aromatic carbocycles. The molecule has 3 aromatic rings. The molecule has 3 heterocycles. The Bertz CT molecular complexity index is 2790. The quantitative estimate of drug-likeness (QED) is 0.0518. The summed E-state index contributed by atoms with van der Waals surface area (Å²) in [5.74, 6) is -1.32. The fourth-order valence-corrected chi connectivity index (χ4v) is 10.6. The van der Waals surface area contributed by atoms with Gasteiger partial charge in [-0.15, -0.1) is 5.06 Å². The normalized spacial score (nSPS) is 19.0. The second-order valence-electron chi connectivity index (χ2n) is 18.5. The van der Waals surface area contributed by atoms with Crippen LogP contribution in [0.5, 0.6) is 5.75 Å². The van der Waals surface area contributed by atoms with E-state index in [1.165, 1.54) is 0 Å². The average Bonchev–Trinajstić information content (AvgIpc) is 3.79. The van der Waals surface area contributed by atoms with Crippen molar-refractivity contribution in [1.82, 2.24) is 5.06 Å². The molecular weight excluding hydrogens is 918 g/mol. The predicted molar refractivity (Wildman–Crippen MR) is 252 cm³/mol. The molecule has 4 aliphatic rings. The van der Waals surface area contributed by atoms with Crippen LogP contribution in [0.15, 0.2) is 120 Å². The van der Waals surface area contributed by atoms with E-state index in [4.69, 9.17) is 9.57 Å². The summed E-state index contributed by atoms with van der Waals surface area (Å²) in [6.45, 7) is 9.70. The maximum atomic E-state index is 12.5. The number of carbonyl (C=O) groups excluding carboxylic acids is 3. The molecular formula is C51H58N3NaO11S2. The van der Waals surface area contributed by atoms with Gasteiger partial charge in [0, 0.05) is 71.8 Å². The van der Waals surface area contributed by atoms with Crippen molar-refractivity contribution in [1.29, 1.82) is 0 Å². The molecule has 14 nitrogen and oxygen atoms in total. The third kappa shape index (κ3) is 12.6. The molecule has 0 atom stereocenters. The van der Waals surface area contributed by atoms with Crippen molar-refractivity contribution in [3.63, 3.8) is 0 Å². The van der Waals surface area contributed by atoms with Crippen molar-refractivity contribution in [3.8, 4) is 5.75 Å². The molecule has 0 spiro atoms. The molecule has 0 bridgehead atoms. The average molecular weight is 976 g/mol. The Morgan fingerprint density at radius 3 is 2.06 bits per heavy atom. The number of ether oxygens (including phenoxy) is 1. The van der Waals surface area contributed by atoms with E-state index >= 15 is 0 Å². The van der Waals surface area contributed by atoms with Crippen LogP contribution >= 0.6 is 0 Å². The fourth-order valence-electron chi connectivity index (χ4n) is 9.47. The van der Waals surface area contributed by atoms with Crippen molar-refractivity contribution < 1.29 is 84.0 Å². The number of unbranched alkanes of at least 4 members (excludes halogenated alkanes) is 2. The largest absolute Gasteiger partial charge is 1.00 e. The number of hydrogen-bond donors (Lipinski definition) is 0. The van der Waals surface area contributed by atoms with E-state index < -0.39 is 60.4 Å². The van der Waals surface area contributed by atoms with Crippen molar-refractivity contribution in [2.24, 2.45) is 0 Å². The van der Waals surface area contributed by atoms with E-state index in [0.717, 1.165) is 69.9 Å². The minimum Gasteiger partial charge on any atom is -0.748 e. The Morgan fingerprint density at radius 1 is 0.750 bits per heavy atom. The fraction of sp³-hybridized carbons (Fsp3) is 0.412. The van der Waals surface area contributed by atoms with Crippen molar-refractivity contribution in [2.45, 2.75) is 109 Å². The molecule has 3 aliphatic heterocycles.